The number of benzene rings is 2. The highest BCUT2D eigenvalue weighted by Crippen LogP contribution is 2.19. The van der Waals surface area contributed by atoms with Crippen LogP contribution in [0.15, 0.2) is 48.5 Å². The van der Waals surface area contributed by atoms with Crippen LogP contribution in [0.25, 0.3) is 0 Å². The van der Waals surface area contributed by atoms with Gasteiger partial charge in [0.2, 0.25) is 0 Å². The molecule has 28 heavy (non-hydrogen) atoms. The molecule has 4 nitrogen and oxygen atoms in total. The first-order valence-corrected chi connectivity index (χ1v) is 10.2. The van der Waals surface area contributed by atoms with Gasteiger partial charge in [-0.1, -0.05) is 69.2 Å². The Labute approximate surface area is 171 Å². The maximum atomic E-state index is 12.5. The lowest BCUT2D eigenvalue weighted by atomic mass is 10.1. The summed E-state index contributed by atoms with van der Waals surface area (Å²) in [5, 5.41) is 0.550. The normalized spacial score (nSPS) is 10.5. The minimum absolute atomic E-state index is 0.182. The van der Waals surface area contributed by atoms with Crippen molar-refractivity contribution in [3.63, 3.8) is 0 Å². The minimum atomic E-state index is -0.606. The molecule has 0 fully saturated rings. The molecule has 0 atom stereocenters. The second-order valence-corrected chi connectivity index (χ2v) is 7.08. The van der Waals surface area contributed by atoms with Crippen molar-refractivity contribution in [1.82, 2.24) is 0 Å². The van der Waals surface area contributed by atoms with Gasteiger partial charge in [-0.2, -0.15) is 0 Å². The van der Waals surface area contributed by atoms with Gasteiger partial charge in [-0.15, -0.1) is 0 Å². The zero-order valence-electron chi connectivity index (χ0n) is 16.3. The lowest BCUT2D eigenvalue weighted by molar-refractivity contribution is 0.0489. The van der Waals surface area contributed by atoms with Crippen molar-refractivity contribution in [2.45, 2.75) is 51.9 Å². The van der Waals surface area contributed by atoms with E-state index in [1.807, 2.05) is 0 Å². The zero-order chi connectivity index (χ0) is 20.2. The van der Waals surface area contributed by atoms with Crippen LogP contribution >= 0.6 is 11.6 Å². The summed E-state index contributed by atoms with van der Waals surface area (Å²) >= 11 is 5.83. The Morgan fingerprint density at radius 2 is 1.36 bits per heavy atom. The van der Waals surface area contributed by atoms with E-state index in [0.29, 0.717) is 17.4 Å². The van der Waals surface area contributed by atoms with E-state index in [9.17, 15) is 9.59 Å². The van der Waals surface area contributed by atoms with Gasteiger partial charge in [0.25, 0.3) is 0 Å². The summed E-state index contributed by atoms with van der Waals surface area (Å²) in [6, 6.07) is 13.0. The molecular weight excluding hydrogens is 376 g/mol. The molecule has 0 aliphatic carbocycles. The van der Waals surface area contributed by atoms with Crippen molar-refractivity contribution in [1.29, 1.82) is 0 Å². The topological polar surface area (TPSA) is 52.6 Å². The van der Waals surface area contributed by atoms with E-state index < -0.39 is 11.9 Å². The third-order valence-electron chi connectivity index (χ3n) is 4.37. The molecule has 0 amide bonds. The Hall–Kier alpha value is -2.33. The van der Waals surface area contributed by atoms with Gasteiger partial charge in [-0.05, 0) is 42.8 Å². The van der Waals surface area contributed by atoms with Crippen LogP contribution in [-0.4, -0.2) is 18.5 Å². The molecule has 0 saturated heterocycles. The van der Waals surface area contributed by atoms with Crippen LogP contribution in [0.1, 0.15) is 72.6 Å². The first-order chi connectivity index (χ1) is 13.6. The number of esters is 2. The van der Waals surface area contributed by atoms with E-state index in [-0.39, 0.29) is 11.1 Å². The highest BCUT2D eigenvalue weighted by atomic mass is 35.5. The Bertz CT molecular complexity index is 755. The van der Waals surface area contributed by atoms with E-state index in [1.165, 1.54) is 25.7 Å². The minimum Gasteiger partial charge on any atom is -0.462 e. The summed E-state index contributed by atoms with van der Waals surface area (Å²) < 4.78 is 10.7. The third kappa shape index (κ3) is 7.35. The first kappa shape index (κ1) is 22.0. The highest BCUT2D eigenvalue weighted by molar-refractivity contribution is 6.30. The fourth-order valence-electron chi connectivity index (χ4n) is 2.81. The molecule has 0 heterocycles. The average Bonchev–Trinajstić information content (AvgIpc) is 2.71. The SMILES string of the molecule is CCCCCCCCCOC(=O)c1ccccc1C(=O)Oc1ccc(Cl)cc1. The molecule has 2 rings (SSSR count). The molecule has 150 valence electrons. The van der Waals surface area contributed by atoms with Crippen LogP contribution in [0.2, 0.25) is 5.02 Å². The third-order valence-corrected chi connectivity index (χ3v) is 4.62. The average molecular weight is 403 g/mol. The fraction of sp³-hybridized carbons (Fsp3) is 0.391. The molecule has 0 unspecified atom stereocenters. The number of carbonyl (C=O) groups is 2. The van der Waals surface area contributed by atoms with Crippen molar-refractivity contribution in [3.8, 4) is 5.75 Å². The Balaban J connectivity index is 1.85. The predicted octanol–water partition coefficient (Wildman–Crippen LogP) is 6.47. The number of carbonyl (C=O) groups excluding carboxylic acids is 2. The smallest absolute Gasteiger partial charge is 0.344 e. The van der Waals surface area contributed by atoms with Gasteiger partial charge in [0.05, 0.1) is 17.7 Å². The maximum Gasteiger partial charge on any atom is 0.344 e. The van der Waals surface area contributed by atoms with Gasteiger partial charge in [0.15, 0.2) is 0 Å². The van der Waals surface area contributed by atoms with Crippen molar-refractivity contribution < 1.29 is 19.1 Å². The molecule has 2 aromatic carbocycles. The monoisotopic (exact) mass is 402 g/mol. The molecule has 2 aromatic rings. The number of hydrogen-bond acceptors (Lipinski definition) is 4. The van der Waals surface area contributed by atoms with Crippen LogP contribution < -0.4 is 4.74 Å². The quantitative estimate of drug-likeness (QED) is 0.245. The molecule has 0 aliphatic rings. The van der Waals surface area contributed by atoms with Gasteiger partial charge in [-0.25, -0.2) is 9.59 Å². The molecule has 0 aromatic heterocycles. The number of hydrogen-bond donors (Lipinski definition) is 0. The lowest BCUT2D eigenvalue weighted by Gasteiger charge is -2.10. The van der Waals surface area contributed by atoms with Gasteiger partial charge in [-0.3, -0.25) is 0 Å². The van der Waals surface area contributed by atoms with Crippen molar-refractivity contribution in [2.75, 3.05) is 6.61 Å². The van der Waals surface area contributed by atoms with E-state index in [0.717, 1.165) is 19.3 Å². The summed E-state index contributed by atoms with van der Waals surface area (Å²) in [5.74, 6) is -0.749. The standard InChI is InChI=1S/C23H27ClO4/c1-2-3-4-5-6-7-10-17-27-22(25)20-11-8-9-12-21(20)23(26)28-19-15-13-18(24)14-16-19/h8-9,11-16H,2-7,10,17H2,1H3. The van der Waals surface area contributed by atoms with Gasteiger partial charge < -0.3 is 9.47 Å². The molecule has 0 N–H and O–H groups in total. The number of ether oxygens (including phenoxy) is 2. The lowest BCUT2D eigenvalue weighted by Crippen LogP contribution is -2.16. The van der Waals surface area contributed by atoms with Gasteiger partial charge in [0.1, 0.15) is 5.75 Å². The predicted molar refractivity (Wildman–Crippen MR) is 111 cm³/mol. The van der Waals surface area contributed by atoms with Crippen molar-refractivity contribution >= 4 is 23.5 Å². The molecule has 0 aliphatic heterocycles. The Kier molecular flexibility index (Phi) is 9.56. The van der Waals surface area contributed by atoms with Gasteiger partial charge >= 0.3 is 11.9 Å². The van der Waals surface area contributed by atoms with Crippen LogP contribution in [0.3, 0.4) is 0 Å². The molecule has 0 spiro atoms. The summed E-state index contributed by atoms with van der Waals surface area (Å²) in [4.78, 5) is 24.9. The second-order valence-electron chi connectivity index (χ2n) is 6.65. The summed E-state index contributed by atoms with van der Waals surface area (Å²) in [5.41, 5.74) is 0.395. The second kappa shape index (κ2) is 12.2. The number of unbranched alkanes of at least 4 members (excludes halogenated alkanes) is 6. The van der Waals surface area contributed by atoms with E-state index in [4.69, 9.17) is 21.1 Å². The Morgan fingerprint density at radius 3 is 2.00 bits per heavy atom. The van der Waals surface area contributed by atoms with Crippen molar-refractivity contribution in [2.24, 2.45) is 0 Å². The summed E-state index contributed by atoms with van der Waals surface area (Å²) in [7, 11) is 0. The first-order valence-electron chi connectivity index (χ1n) is 9.85. The van der Waals surface area contributed by atoms with Crippen LogP contribution in [-0.2, 0) is 4.74 Å². The highest BCUT2D eigenvalue weighted by Gasteiger charge is 2.19. The number of halogens is 1. The fourth-order valence-corrected chi connectivity index (χ4v) is 2.93. The molecule has 5 heteroatoms. The zero-order valence-corrected chi connectivity index (χ0v) is 17.0. The Morgan fingerprint density at radius 1 is 0.786 bits per heavy atom. The summed E-state index contributed by atoms with van der Waals surface area (Å²) in [6.45, 7) is 2.55. The van der Waals surface area contributed by atoms with Crippen LogP contribution in [0.4, 0.5) is 0 Å². The van der Waals surface area contributed by atoms with E-state index in [1.54, 1.807) is 48.5 Å². The van der Waals surface area contributed by atoms with E-state index >= 15 is 0 Å². The van der Waals surface area contributed by atoms with Crippen molar-refractivity contribution in [3.05, 3.63) is 64.7 Å². The molecule has 0 radical (unpaired) electrons. The molecule has 0 saturated carbocycles. The van der Waals surface area contributed by atoms with Crippen LogP contribution in [0.5, 0.6) is 5.75 Å². The maximum absolute atomic E-state index is 12.5. The molecule has 0 bridgehead atoms. The molecular formula is C23H27ClO4. The van der Waals surface area contributed by atoms with Crippen LogP contribution in [0, 0.1) is 0 Å². The van der Waals surface area contributed by atoms with Gasteiger partial charge in [0, 0.05) is 5.02 Å². The summed E-state index contributed by atoms with van der Waals surface area (Å²) in [6.07, 6.45) is 8.02. The van der Waals surface area contributed by atoms with E-state index in [2.05, 4.69) is 6.92 Å². The number of rotatable bonds is 11. The largest absolute Gasteiger partial charge is 0.462 e.